The van der Waals surface area contributed by atoms with Crippen molar-refractivity contribution < 1.29 is 24.2 Å². The highest BCUT2D eigenvalue weighted by Gasteiger charge is 2.05. The Bertz CT molecular complexity index is 265. The number of carboxylic acid groups (broad SMARTS) is 1. The zero-order valence-corrected chi connectivity index (χ0v) is 13.3. The lowest BCUT2D eigenvalue weighted by molar-refractivity contribution is -0.148. The highest BCUT2D eigenvalue weighted by atomic mass is 16.6. The average molecular weight is 302 g/mol. The predicted molar refractivity (Wildman–Crippen MR) is 81.3 cm³/mol. The highest BCUT2D eigenvalue weighted by Crippen LogP contribution is 2.08. The third kappa shape index (κ3) is 16.8. The molecule has 0 saturated carbocycles. The van der Waals surface area contributed by atoms with E-state index in [0.717, 1.165) is 6.42 Å². The Morgan fingerprint density at radius 3 is 2.05 bits per heavy atom. The van der Waals surface area contributed by atoms with Crippen molar-refractivity contribution in [2.75, 3.05) is 19.8 Å². The molecule has 0 aliphatic carbocycles. The summed E-state index contributed by atoms with van der Waals surface area (Å²) < 4.78 is 10.2. The number of carbonyl (C=O) groups excluding carboxylic acids is 1. The Kier molecular flexibility index (Phi) is 14.5. The predicted octanol–water partition coefficient (Wildman–Crippen LogP) is 3.55. The van der Waals surface area contributed by atoms with E-state index in [-0.39, 0.29) is 19.4 Å². The Morgan fingerprint density at radius 1 is 0.810 bits per heavy atom. The van der Waals surface area contributed by atoms with E-state index in [2.05, 4.69) is 6.92 Å². The zero-order valence-electron chi connectivity index (χ0n) is 13.3. The molecule has 1 N–H and O–H groups in total. The molecule has 124 valence electrons. The summed E-state index contributed by atoms with van der Waals surface area (Å²) in [7, 11) is 0. The van der Waals surface area contributed by atoms with Gasteiger partial charge in [-0.15, -0.1) is 0 Å². The second-order valence-corrected chi connectivity index (χ2v) is 5.20. The monoisotopic (exact) mass is 302 g/mol. The Hall–Kier alpha value is -1.10. The van der Waals surface area contributed by atoms with E-state index in [0.29, 0.717) is 13.2 Å². The maximum absolute atomic E-state index is 11.1. The molecule has 0 unspecified atom stereocenters. The molecule has 0 fully saturated rings. The topological polar surface area (TPSA) is 72.8 Å². The molecule has 0 aromatic rings. The standard InChI is InChI=1S/C16H30O5/c1-2-3-4-5-6-7-8-9-12-20-13-14-21-16(19)11-10-15(17)18/h2-14H2,1H3,(H,17,18). The van der Waals surface area contributed by atoms with Crippen LogP contribution in [0.5, 0.6) is 0 Å². The number of carboxylic acids is 1. The molecule has 0 rings (SSSR count). The molecule has 0 aliphatic heterocycles. The third-order valence-corrected chi connectivity index (χ3v) is 3.18. The molecule has 0 aliphatic rings. The number of unbranched alkanes of at least 4 members (excludes halogenated alkanes) is 7. The summed E-state index contributed by atoms with van der Waals surface area (Å²) in [6.07, 6.45) is 9.85. The first kappa shape index (κ1) is 19.9. The van der Waals surface area contributed by atoms with Gasteiger partial charge in [0.15, 0.2) is 0 Å². The molecule has 21 heavy (non-hydrogen) atoms. The van der Waals surface area contributed by atoms with Gasteiger partial charge in [-0.2, -0.15) is 0 Å². The van der Waals surface area contributed by atoms with Gasteiger partial charge in [0, 0.05) is 6.61 Å². The largest absolute Gasteiger partial charge is 0.481 e. The van der Waals surface area contributed by atoms with Crippen LogP contribution in [0.25, 0.3) is 0 Å². The molecule has 0 atom stereocenters. The molecule has 0 aromatic carbocycles. The number of carbonyl (C=O) groups is 2. The molecule has 5 nitrogen and oxygen atoms in total. The smallest absolute Gasteiger partial charge is 0.306 e. The SMILES string of the molecule is CCCCCCCCCCOCCOC(=O)CCC(=O)O. The molecule has 0 aromatic heterocycles. The molecule has 5 heteroatoms. The summed E-state index contributed by atoms with van der Waals surface area (Å²) in [6.45, 7) is 3.51. The average Bonchev–Trinajstić information content (AvgIpc) is 2.46. The Morgan fingerprint density at radius 2 is 1.43 bits per heavy atom. The van der Waals surface area contributed by atoms with Crippen molar-refractivity contribution in [3.63, 3.8) is 0 Å². The highest BCUT2D eigenvalue weighted by molar-refractivity contribution is 5.76. The van der Waals surface area contributed by atoms with Crippen LogP contribution in [0.1, 0.15) is 71.1 Å². The van der Waals surface area contributed by atoms with E-state index in [4.69, 9.17) is 14.6 Å². The second kappa shape index (κ2) is 15.3. The van der Waals surface area contributed by atoms with Gasteiger partial charge in [0.05, 0.1) is 19.4 Å². The maximum atomic E-state index is 11.1. The number of hydrogen-bond acceptors (Lipinski definition) is 4. The summed E-state index contributed by atoms with van der Waals surface area (Å²) in [5.41, 5.74) is 0. The Labute approximate surface area is 128 Å². The first-order valence-corrected chi connectivity index (χ1v) is 8.12. The lowest BCUT2D eigenvalue weighted by Gasteiger charge is -2.06. The summed E-state index contributed by atoms with van der Waals surface area (Å²) >= 11 is 0. The van der Waals surface area contributed by atoms with Crippen molar-refractivity contribution in [2.24, 2.45) is 0 Å². The number of ether oxygens (including phenoxy) is 2. The zero-order chi connectivity index (χ0) is 15.8. The van der Waals surface area contributed by atoms with Crippen LogP contribution in [0.3, 0.4) is 0 Å². The normalized spacial score (nSPS) is 10.5. The summed E-state index contributed by atoms with van der Waals surface area (Å²) in [5, 5.41) is 8.40. The van der Waals surface area contributed by atoms with Crippen LogP contribution in [-0.2, 0) is 19.1 Å². The van der Waals surface area contributed by atoms with Crippen molar-refractivity contribution >= 4 is 11.9 Å². The molecule has 0 heterocycles. The minimum atomic E-state index is -0.988. The fraction of sp³-hybridized carbons (Fsp3) is 0.875. The van der Waals surface area contributed by atoms with Gasteiger partial charge < -0.3 is 14.6 Å². The molecular weight excluding hydrogens is 272 g/mol. The molecule has 0 radical (unpaired) electrons. The van der Waals surface area contributed by atoms with Gasteiger partial charge in [-0.05, 0) is 6.42 Å². The fourth-order valence-electron chi connectivity index (χ4n) is 1.94. The van der Waals surface area contributed by atoms with Crippen LogP contribution in [0.15, 0.2) is 0 Å². The fourth-order valence-corrected chi connectivity index (χ4v) is 1.94. The minimum absolute atomic E-state index is 0.0760. The summed E-state index contributed by atoms with van der Waals surface area (Å²) in [4.78, 5) is 21.3. The number of aliphatic carboxylic acids is 1. The number of hydrogen-bond donors (Lipinski definition) is 1. The molecule has 0 spiro atoms. The van der Waals surface area contributed by atoms with Crippen LogP contribution in [0, 0.1) is 0 Å². The van der Waals surface area contributed by atoms with Gasteiger partial charge in [-0.1, -0.05) is 51.9 Å². The molecule has 0 bridgehead atoms. The van der Waals surface area contributed by atoms with Gasteiger partial charge in [0.1, 0.15) is 6.61 Å². The van der Waals surface area contributed by atoms with Gasteiger partial charge in [-0.3, -0.25) is 9.59 Å². The summed E-state index contributed by atoms with van der Waals surface area (Å²) in [5.74, 6) is -1.47. The van der Waals surface area contributed by atoms with Crippen LogP contribution in [0.2, 0.25) is 0 Å². The van der Waals surface area contributed by atoms with Crippen molar-refractivity contribution in [1.82, 2.24) is 0 Å². The number of rotatable bonds is 15. The number of esters is 1. The van der Waals surface area contributed by atoms with Gasteiger partial charge >= 0.3 is 11.9 Å². The molecule has 0 amide bonds. The third-order valence-electron chi connectivity index (χ3n) is 3.18. The van der Waals surface area contributed by atoms with Crippen molar-refractivity contribution in [1.29, 1.82) is 0 Å². The lowest BCUT2D eigenvalue weighted by atomic mass is 10.1. The van der Waals surface area contributed by atoms with Gasteiger partial charge in [0.25, 0.3) is 0 Å². The van der Waals surface area contributed by atoms with E-state index in [9.17, 15) is 9.59 Å². The van der Waals surface area contributed by atoms with Crippen molar-refractivity contribution in [3.05, 3.63) is 0 Å². The first-order valence-electron chi connectivity index (χ1n) is 8.12. The van der Waals surface area contributed by atoms with Crippen LogP contribution >= 0.6 is 0 Å². The van der Waals surface area contributed by atoms with E-state index < -0.39 is 11.9 Å². The van der Waals surface area contributed by atoms with Gasteiger partial charge in [-0.25, -0.2) is 0 Å². The van der Waals surface area contributed by atoms with E-state index in [1.54, 1.807) is 0 Å². The first-order chi connectivity index (χ1) is 10.2. The van der Waals surface area contributed by atoms with Gasteiger partial charge in [0.2, 0.25) is 0 Å². The van der Waals surface area contributed by atoms with E-state index in [1.807, 2.05) is 0 Å². The van der Waals surface area contributed by atoms with Crippen molar-refractivity contribution in [2.45, 2.75) is 71.1 Å². The van der Waals surface area contributed by atoms with E-state index >= 15 is 0 Å². The van der Waals surface area contributed by atoms with Crippen molar-refractivity contribution in [3.8, 4) is 0 Å². The maximum Gasteiger partial charge on any atom is 0.306 e. The van der Waals surface area contributed by atoms with E-state index in [1.165, 1.54) is 44.9 Å². The summed E-state index contributed by atoms with van der Waals surface area (Å²) in [6, 6.07) is 0. The second-order valence-electron chi connectivity index (χ2n) is 5.20. The Balaban J connectivity index is 3.12. The lowest BCUT2D eigenvalue weighted by Crippen LogP contribution is -2.12. The van der Waals surface area contributed by atoms with Crippen LogP contribution in [0.4, 0.5) is 0 Å². The van der Waals surface area contributed by atoms with Crippen LogP contribution < -0.4 is 0 Å². The van der Waals surface area contributed by atoms with Crippen LogP contribution in [-0.4, -0.2) is 36.9 Å². The molecular formula is C16H30O5. The molecule has 0 saturated heterocycles. The quantitative estimate of drug-likeness (QED) is 0.370. The minimum Gasteiger partial charge on any atom is -0.481 e.